The molecule has 0 aliphatic carbocycles. The zero-order chi connectivity index (χ0) is 8.31. The number of hydrogen-bond donors (Lipinski definition) is 1. The van der Waals surface area contributed by atoms with Crippen LogP contribution in [0.15, 0.2) is 0 Å². The van der Waals surface area contributed by atoms with E-state index in [1.165, 1.54) is 0 Å². The van der Waals surface area contributed by atoms with Gasteiger partial charge in [-0.25, -0.2) is 13.2 Å². The van der Waals surface area contributed by atoms with Crippen LogP contribution in [-0.4, -0.2) is 18.5 Å². The number of halogens is 4. The number of amides is 1. The van der Waals surface area contributed by atoms with Crippen molar-refractivity contribution < 1.29 is 18.0 Å². The molecule has 0 aromatic carbocycles. The van der Waals surface area contributed by atoms with Crippen LogP contribution in [0.1, 0.15) is 6.92 Å². The average molecular weight is 192 g/mol. The van der Waals surface area contributed by atoms with Crippen molar-refractivity contribution in [1.29, 1.82) is 0 Å². The van der Waals surface area contributed by atoms with E-state index >= 15 is 0 Å². The quantitative estimate of drug-likeness (QED) is 0.714. The Morgan fingerprint density at radius 1 is 1.36 bits per heavy atom. The number of nitrogens with two attached hydrogens (primary N) is 1. The second kappa shape index (κ2) is 5.23. The first-order chi connectivity index (χ1) is 4.46. The first kappa shape index (κ1) is 13.2. The number of alkyl halides is 3. The third-order valence-electron chi connectivity index (χ3n) is 1.17. The molecule has 1 amide bonds. The summed E-state index contributed by atoms with van der Waals surface area (Å²) in [6.07, 6.45) is -5.58. The molecule has 2 atom stereocenters. The summed E-state index contributed by atoms with van der Waals surface area (Å²) in [5.74, 6) is -2.46. The van der Waals surface area contributed by atoms with Gasteiger partial charge in [-0.1, -0.05) is 6.92 Å². The van der Waals surface area contributed by atoms with Gasteiger partial charge in [-0.3, -0.25) is 4.79 Å². The molecule has 2 N–H and O–H groups in total. The van der Waals surface area contributed by atoms with Crippen molar-refractivity contribution in [3.8, 4) is 0 Å². The van der Waals surface area contributed by atoms with Gasteiger partial charge in [0, 0.05) is 0 Å². The second-order valence-corrected chi connectivity index (χ2v) is 1.97. The summed E-state index contributed by atoms with van der Waals surface area (Å²) in [4.78, 5) is 10.1. The van der Waals surface area contributed by atoms with Gasteiger partial charge in [0.05, 0.1) is 5.92 Å². The van der Waals surface area contributed by atoms with Crippen molar-refractivity contribution in [3.63, 3.8) is 0 Å². The van der Waals surface area contributed by atoms with E-state index in [-0.39, 0.29) is 12.4 Å². The fourth-order valence-electron chi connectivity index (χ4n) is 0.375. The molecule has 2 unspecified atom stereocenters. The molecule has 0 radical (unpaired) electrons. The molecule has 0 spiro atoms. The Hall–Kier alpha value is -0.450. The van der Waals surface area contributed by atoms with Crippen molar-refractivity contribution in [3.05, 3.63) is 0 Å². The minimum absolute atomic E-state index is 0. The lowest BCUT2D eigenvalue weighted by molar-refractivity contribution is -0.125. The fourth-order valence-corrected chi connectivity index (χ4v) is 0.375. The molecule has 0 saturated carbocycles. The van der Waals surface area contributed by atoms with E-state index in [0.717, 1.165) is 6.92 Å². The van der Waals surface area contributed by atoms with E-state index in [2.05, 4.69) is 5.73 Å². The van der Waals surface area contributed by atoms with Crippen LogP contribution in [0.3, 0.4) is 0 Å². The van der Waals surface area contributed by atoms with Gasteiger partial charge in [0.25, 0.3) is 6.43 Å². The Morgan fingerprint density at radius 3 is 1.82 bits per heavy atom. The first-order valence-electron chi connectivity index (χ1n) is 2.68. The maximum Gasteiger partial charge on any atom is 0.270 e. The van der Waals surface area contributed by atoms with E-state index in [9.17, 15) is 18.0 Å². The molecule has 2 nitrogen and oxygen atoms in total. The molecule has 0 aliphatic heterocycles. The molecule has 0 aliphatic rings. The summed E-state index contributed by atoms with van der Waals surface area (Å²) in [5.41, 5.74) is 4.56. The topological polar surface area (TPSA) is 43.1 Å². The molecule has 0 aromatic heterocycles. The normalized spacial score (nSPS) is 15.4. The van der Waals surface area contributed by atoms with Crippen molar-refractivity contribution in [2.24, 2.45) is 11.7 Å². The predicted molar refractivity (Wildman–Crippen MR) is 36.5 cm³/mol. The molecule has 6 heteroatoms. The molecule has 0 bridgehead atoms. The van der Waals surface area contributed by atoms with Crippen molar-refractivity contribution >= 4 is 18.3 Å². The Bertz CT molecular complexity index is 133. The van der Waals surface area contributed by atoms with Gasteiger partial charge in [0.2, 0.25) is 5.91 Å². The molecule has 11 heavy (non-hydrogen) atoms. The summed E-state index contributed by atoms with van der Waals surface area (Å²) in [7, 11) is 0. The highest BCUT2D eigenvalue weighted by Gasteiger charge is 2.29. The van der Waals surface area contributed by atoms with Crippen LogP contribution in [0.4, 0.5) is 13.2 Å². The summed E-state index contributed by atoms with van der Waals surface area (Å²) >= 11 is 0. The van der Waals surface area contributed by atoms with Gasteiger partial charge in [0.1, 0.15) is 0 Å². The Labute approximate surface area is 68.4 Å². The summed E-state index contributed by atoms with van der Waals surface area (Å²) < 4.78 is 35.0. The monoisotopic (exact) mass is 191 g/mol. The van der Waals surface area contributed by atoms with Crippen molar-refractivity contribution in [2.75, 3.05) is 0 Å². The lowest BCUT2D eigenvalue weighted by atomic mass is 10.1. The van der Waals surface area contributed by atoms with Crippen LogP contribution in [0.25, 0.3) is 0 Å². The smallest absolute Gasteiger partial charge is 0.270 e. The van der Waals surface area contributed by atoms with Crippen LogP contribution in [0, 0.1) is 5.92 Å². The molecule has 0 saturated heterocycles. The molecule has 0 aromatic rings. The lowest BCUT2D eigenvalue weighted by Gasteiger charge is -2.10. The summed E-state index contributed by atoms with van der Waals surface area (Å²) in [5, 5.41) is 0. The Morgan fingerprint density at radius 2 is 1.73 bits per heavy atom. The minimum atomic E-state index is -3.14. The maximum absolute atomic E-state index is 12.1. The second-order valence-electron chi connectivity index (χ2n) is 1.97. The Balaban J connectivity index is 0. The van der Waals surface area contributed by atoms with Crippen molar-refractivity contribution in [2.45, 2.75) is 19.5 Å². The van der Waals surface area contributed by atoms with E-state index in [1.54, 1.807) is 0 Å². The third kappa shape index (κ3) is 4.08. The van der Waals surface area contributed by atoms with Crippen LogP contribution >= 0.6 is 12.4 Å². The molecule has 0 heterocycles. The van der Waals surface area contributed by atoms with E-state index in [1.807, 2.05) is 0 Å². The SMILES string of the molecule is CC(C(N)=O)C(F)C(F)F.Cl. The molecule has 0 fully saturated rings. The zero-order valence-corrected chi connectivity index (χ0v) is 6.58. The third-order valence-corrected chi connectivity index (χ3v) is 1.17. The number of rotatable bonds is 3. The van der Waals surface area contributed by atoms with Crippen LogP contribution < -0.4 is 5.73 Å². The number of carbonyl (C=O) groups excluding carboxylic acids is 1. The van der Waals surface area contributed by atoms with Gasteiger partial charge >= 0.3 is 0 Å². The van der Waals surface area contributed by atoms with Gasteiger partial charge in [-0.2, -0.15) is 0 Å². The fraction of sp³-hybridized carbons (Fsp3) is 0.800. The predicted octanol–water partition coefficient (Wildman–Crippen LogP) is 1.13. The number of carbonyl (C=O) groups is 1. The minimum Gasteiger partial charge on any atom is -0.369 e. The molecular weight excluding hydrogens is 183 g/mol. The van der Waals surface area contributed by atoms with Gasteiger partial charge in [-0.15, -0.1) is 12.4 Å². The van der Waals surface area contributed by atoms with Crippen molar-refractivity contribution in [1.82, 2.24) is 0 Å². The summed E-state index contributed by atoms with van der Waals surface area (Å²) in [6.45, 7) is 1.03. The summed E-state index contributed by atoms with van der Waals surface area (Å²) in [6, 6.07) is 0. The molecular formula is C5H9ClF3NO. The van der Waals surface area contributed by atoms with E-state index < -0.39 is 24.4 Å². The zero-order valence-electron chi connectivity index (χ0n) is 5.76. The van der Waals surface area contributed by atoms with Crippen LogP contribution in [0.2, 0.25) is 0 Å². The largest absolute Gasteiger partial charge is 0.369 e. The number of hydrogen-bond acceptors (Lipinski definition) is 1. The highest BCUT2D eigenvalue weighted by atomic mass is 35.5. The van der Waals surface area contributed by atoms with Gasteiger partial charge < -0.3 is 5.73 Å². The highest BCUT2D eigenvalue weighted by molar-refractivity contribution is 5.85. The number of primary amides is 1. The highest BCUT2D eigenvalue weighted by Crippen LogP contribution is 2.14. The lowest BCUT2D eigenvalue weighted by Crippen LogP contribution is -2.32. The molecule has 68 valence electrons. The molecule has 0 rings (SSSR count). The van der Waals surface area contributed by atoms with Gasteiger partial charge in [0.15, 0.2) is 6.17 Å². The first-order valence-corrected chi connectivity index (χ1v) is 2.68. The van der Waals surface area contributed by atoms with Crippen LogP contribution in [0.5, 0.6) is 0 Å². The van der Waals surface area contributed by atoms with Crippen LogP contribution in [-0.2, 0) is 4.79 Å². The van der Waals surface area contributed by atoms with E-state index in [4.69, 9.17) is 0 Å². The maximum atomic E-state index is 12.1. The van der Waals surface area contributed by atoms with E-state index in [0.29, 0.717) is 0 Å². The average Bonchev–Trinajstić information content (AvgIpc) is 1.84. The Kier molecular flexibility index (Phi) is 6.26. The van der Waals surface area contributed by atoms with Gasteiger partial charge in [-0.05, 0) is 0 Å². The standard InChI is InChI=1S/C5H8F3NO.ClH/c1-2(5(9)10)3(6)4(7)8;/h2-4H,1H3,(H2,9,10);1H.